The van der Waals surface area contributed by atoms with E-state index >= 15 is 0 Å². The first kappa shape index (κ1) is 21.3. The second kappa shape index (κ2) is 10.4. The second-order valence-electron chi connectivity index (χ2n) is 6.28. The summed E-state index contributed by atoms with van der Waals surface area (Å²) in [5.41, 5.74) is 7.95. The first-order chi connectivity index (χ1) is 14.5. The number of anilines is 2. The molecule has 3 rings (SSSR count). The molecule has 8 nitrogen and oxygen atoms in total. The Hall–Kier alpha value is -3.46. The maximum atomic E-state index is 12.4. The van der Waals surface area contributed by atoms with E-state index in [9.17, 15) is 9.59 Å². The van der Waals surface area contributed by atoms with E-state index in [0.29, 0.717) is 17.9 Å². The monoisotopic (exact) mass is 426 g/mol. The molecule has 9 heteroatoms. The van der Waals surface area contributed by atoms with Gasteiger partial charge in [-0.3, -0.25) is 9.48 Å². The van der Waals surface area contributed by atoms with Gasteiger partial charge in [0.2, 0.25) is 5.91 Å². The van der Waals surface area contributed by atoms with Gasteiger partial charge in [0, 0.05) is 17.1 Å². The average molecular weight is 426 g/mol. The SMILES string of the molecule is COC(=O)Oc1nn(CCc2ccccc2)cc1NC(=O)CSc1ccccc1N. The van der Waals surface area contributed by atoms with Crippen molar-refractivity contribution in [3.63, 3.8) is 0 Å². The molecule has 0 unspecified atom stereocenters. The molecule has 1 aromatic heterocycles. The van der Waals surface area contributed by atoms with Crippen LogP contribution in [0.3, 0.4) is 0 Å². The van der Waals surface area contributed by atoms with Gasteiger partial charge in [-0.05, 0) is 24.1 Å². The molecule has 3 aromatic rings. The minimum atomic E-state index is -0.912. The zero-order valence-electron chi connectivity index (χ0n) is 16.4. The number of hydrogen-bond donors (Lipinski definition) is 2. The molecular weight excluding hydrogens is 404 g/mol. The Bertz CT molecular complexity index is 1010. The van der Waals surface area contributed by atoms with E-state index in [1.54, 1.807) is 16.9 Å². The third kappa shape index (κ3) is 6.02. The first-order valence-electron chi connectivity index (χ1n) is 9.19. The van der Waals surface area contributed by atoms with Crippen molar-refractivity contribution in [2.45, 2.75) is 17.9 Å². The van der Waals surface area contributed by atoms with E-state index in [4.69, 9.17) is 10.5 Å². The van der Waals surface area contributed by atoms with Crippen molar-refractivity contribution in [3.05, 3.63) is 66.4 Å². The molecule has 2 aromatic carbocycles. The number of thioether (sulfide) groups is 1. The lowest BCUT2D eigenvalue weighted by Crippen LogP contribution is -2.15. The molecule has 0 aliphatic carbocycles. The summed E-state index contributed by atoms with van der Waals surface area (Å²) in [5, 5.41) is 6.98. The summed E-state index contributed by atoms with van der Waals surface area (Å²) in [6.07, 6.45) is 1.45. The molecule has 156 valence electrons. The number of methoxy groups -OCH3 is 1. The highest BCUT2D eigenvalue weighted by Gasteiger charge is 2.17. The van der Waals surface area contributed by atoms with E-state index in [2.05, 4.69) is 15.2 Å². The predicted molar refractivity (Wildman–Crippen MR) is 116 cm³/mol. The van der Waals surface area contributed by atoms with Crippen molar-refractivity contribution < 1.29 is 19.1 Å². The number of aromatic nitrogens is 2. The Balaban J connectivity index is 1.66. The second-order valence-corrected chi connectivity index (χ2v) is 7.29. The predicted octanol–water partition coefficient (Wildman–Crippen LogP) is 3.58. The van der Waals surface area contributed by atoms with Gasteiger partial charge < -0.3 is 20.5 Å². The molecule has 0 saturated heterocycles. The molecular formula is C21H22N4O4S. The number of hydrogen-bond acceptors (Lipinski definition) is 7. The Morgan fingerprint density at radius 3 is 2.60 bits per heavy atom. The van der Waals surface area contributed by atoms with Crippen LogP contribution in [0.5, 0.6) is 5.88 Å². The summed E-state index contributed by atoms with van der Waals surface area (Å²) in [5.74, 6) is -0.158. The zero-order valence-corrected chi connectivity index (χ0v) is 17.2. The van der Waals surface area contributed by atoms with E-state index < -0.39 is 6.16 Å². The Labute approximate surface area is 178 Å². The van der Waals surface area contributed by atoms with E-state index in [1.165, 1.54) is 18.9 Å². The third-order valence-corrected chi connectivity index (χ3v) is 5.19. The molecule has 0 fully saturated rings. The van der Waals surface area contributed by atoms with Gasteiger partial charge in [0.15, 0.2) is 0 Å². The van der Waals surface area contributed by atoms with Crippen LogP contribution in [0.2, 0.25) is 0 Å². The number of amides is 1. The lowest BCUT2D eigenvalue weighted by Gasteiger charge is -2.06. The van der Waals surface area contributed by atoms with Gasteiger partial charge in [-0.2, -0.15) is 0 Å². The van der Waals surface area contributed by atoms with Crippen LogP contribution in [0.1, 0.15) is 5.56 Å². The van der Waals surface area contributed by atoms with E-state index in [0.717, 1.165) is 16.9 Å². The lowest BCUT2D eigenvalue weighted by atomic mass is 10.1. The largest absolute Gasteiger partial charge is 0.515 e. The standard InChI is InChI=1S/C21H22N4O4S/c1-28-21(27)29-20-17(13-25(24-20)12-11-15-7-3-2-4-8-15)23-19(26)14-30-18-10-6-5-9-16(18)22/h2-10,13H,11-12,14,22H2,1H3,(H,23,26). The molecule has 0 spiro atoms. The molecule has 1 amide bonds. The van der Waals surface area contributed by atoms with Crippen LogP contribution < -0.4 is 15.8 Å². The summed E-state index contributed by atoms with van der Waals surface area (Å²) >= 11 is 1.32. The van der Waals surface area contributed by atoms with Crippen LogP contribution >= 0.6 is 11.8 Å². The summed E-state index contributed by atoms with van der Waals surface area (Å²) in [6, 6.07) is 17.2. The molecule has 3 N–H and O–H groups in total. The number of carbonyl (C=O) groups is 2. The number of ether oxygens (including phenoxy) is 2. The van der Waals surface area contributed by atoms with Crippen LogP contribution in [0.4, 0.5) is 16.2 Å². The van der Waals surface area contributed by atoms with Gasteiger partial charge in [-0.15, -0.1) is 16.9 Å². The minimum absolute atomic E-state index is 0.0208. The molecule has 30 heavy (non-hydrogen) atoms. The average Bonchev–Trinajstić information content (AvgIpc) is 3.13. The molecule has 1 heterocycles. The number of rotatable bonds is 8. The highest BCUT2D eigenvalue weighted by molar-refractivity contribution is 8.00. The molecule has 0 saturated carbocycles. The van der Waals surface area contributed by atoms with Crippen molar-refractivity contribution >= 4 is 35.2 Å². The van der Waals surface area contributed by atoms with Gasteiger partial charge in [0.05, 0.1) is 19.1 Å². The van der Waals surface area contributed by atoms with Gasteiger partial charge in [0.1, 0.15) is 5.69 Å². The fourth-order valence-electron chi connectivity index (χ4n) is 2.63. The quantitative estimate of drug-likeness (QED) is 0.322. The van der Waals surface area contributed by atoms with Crippen molar-refractivity contribution in [2.75, 3.05) is 23.9 Å². The van der Waals surface area contributed by atoms with Crippen LogP contribution in [-0.2, 0) is 22.5 Å². The summed E-state index contributed by atoms with van der Waals surface area (Å²) in [7, 11) is 1.20. The molecule has 0 radical (unpaired) electrons. The maximum absolute atomic E-state index is 12.4. The molecule has 0 aliphatic heterocycles. The van der Waals surface area contributed by atoms with E-state index in [-0.39, 0.29) is 17.5 Å². The Morgan fingerprint density at radius 1 is 1.13 bits per heavy atom. The third-order valence-electron chi connectivity index (χ3n) is 4.10. The number of nitrogen functional groups attached to an aromatic ring is 1. The number of nitrogens with one attached hydrogen (secondary N) is 1. The van der Waals surface area contributed by atoms with Crippen LogP contribution in [0.15, 0.2) is 65.7 Å². The van der Waals surface area contributed by atoms with Crippen molar-refractivity contribution in [1.29, 1.82) is 0 Å². The number of carbonyl (C=O) groups excluding carboxylic acids is 2. The summed E-state index contributed by atoms with van der Waals surface area (Å²) in [4.78, 5) is 24.8. The summed E-state index contributed by atoms with van der Waals surface area (Å²) in [6.45, 7) is 0.548. The minimum Gasteiger partial charge on any atom is -0.437 e. The number of benzene rings is 2. The van der Waals surface area contributed by atoms with Gasteiger partial charge in [-0.1, -0.05) is 42.5 Å². The zero-order chi connectivity index (χ0) is 21.3. The molecule has 0 aliphatic rings. The van der Waals surface area contributed by atoms with Crippen molar-refractivity contribution in [1.82, 2.24) is 9.78 Å². The normalized spacial score (nSPS) is 10.4. The number of nitrogens with zero attached hydrogens (tertiary/aromatic N) is 2. The molecule has 0 atom stereocenters. The van der Waals surface area contributed by atoms with Crippen LogP contribution in [-0.4, -0.2) is 34.7 Å². The number of nitrogens with two attached hydrogens (primary N) is 1. The Kier molecular flexibility index (Phi) is 7.34. The van der Waals surface area contributed by atoms with Gasteiger partial charge >= 0.3 is 6.16 Å². The van der Waals surface area contributed by atoms with E-state index in [1.807, 2.05) is 48.5 Å². The Morgan fingerprint density at radius 2 is 1.87 bits per heavy atom. The van der Waals surface area contributed by atoms with Crippen LogP contribution in [0.25, 0.3) is 0 Å². The highest BCUT2D eigenvalue weighted by atomic mass is 32.2. The van der Waals surface area contributed by atoms with Crippen molar-refractivity contribution in [3.8, 4) is 5.88 Å². The maximum Gasteiger partial charge on any atom is 0.515 e. The van der Waals surface area contributed by atoms with Crippen molar-refractivity contribution in [2.24, 2.45) is 0 Å². The smallest absolute Gasteiger partial charge is 0.437 e. The number of para-hydroxylation sites is 1. The summed E-state index contributed by atoms with van der Waals surface area (Å²) < 4.78 is 11.2. The van der Waals surface area contributed by atoms with Crippen LogP contribution in [0, 0.1) is 0 Å². The highest BCUT2D eigenvalue weighted by Crippen LogP contribution is 2.26. The fraction of sp³-hybridized carbons (Fsp3) is 0.190. The molecule has 0 bridgehead atoms. The first-order valence-corrected chi connectivity index (χ1v) is 10.2. The lowest BCUT2D eigenvalue weighted by molar-refractivity contribution is -0.113. The van der Waals surface area contributed by atoms with Gasteiger partial charge in [0.25, 0.3) is 5.88 Å². The number of aryl methyl sites for hydroxylation is 2. The topological polar surface area (TPSA) is 108 Å². The van der Waals surface area contributed by atoms with Gasteiger partial charge in [-0.25, -0.2) is 4.79 Å². The fourth-order valence-corrected chi connectivity index (χ4v) is 3.40.